The number of aromatic nitrogens is 2. The molecule has 0 bridgehead atoms. The molecule has 1 saturated heterocycles. The van der Waals surface area contributed by atoms with Crippen molar-refractivity contribution < 1.29 is 4.79 Å². The first-order valence-corrected chi connectivity index (χ1v) is 4.59. The maximum absolute atomic E-state index is 11.3. The summed E-state index contributed by atoms with van der Waals surface area (Å²) in [4.78, 5) is 13.1. The van der Waals surface area contributed by atoms with Crippen molar-refractivity contribution >= 4 is 17.5 Å². The third-order valence-electron chi connectivity index (χ3n) is 2.09. The van der Waals surface area contributed by atoms with Crippen LogP contribution in [0.15, 0.2) is 12.3 Å². The molecular weight excluding hydrogens is 190 g/mol. The number of carbonyl (C=O) groups excluding carboxylic acids is 1. The molecule has 0 radical (unpaired) electrons. The van der Waals surface area contributed by atoms with Crippen molar-refractivity contribution in [3.8, 4) is 0 Å². The third kappa shape index (κ3) is 1.83. The molecule has 1 atom stereocenters. The highest BCUT2D eigenvalue weighted by Crippen LogP contribution is 2.17. The number of rotatable bonds is 2. The van der Waals surface area contributed by atoms with Gasteiger partial charge in [-0.3, -0.25) is 9.89 Å². The third-order valence-corrected chi connectivity index (χ3v) is 2.38. The minimum absolute atomic E-state index is 0.0320. The number of nitrogens with zero attached hydrogens (tertiary/aromatic N) is 2. The minimum Gasteiger partial charge on any atom is -0.335 e. The number of aromatic amines is 1. The molecule has 1 aliphatic rings. The van der Waals surface area contributed by atoms with Gasteiger partial charge in [-0.15, -0.1) is 11.6 Å². The highest BCUT2D eigenvalue weighted by molar-refractivity contribution is 6.22. The summed E-state index contributed by atoms with van der Waals surface area (Å²) in [6.07, 6.45) is 2.13. The predicted molar refractivity (Wildman–Crippen MR) is 48.3 cm³/mol. The summed E-state index contributed by atoms with van der Waals surface area (Å²) in [6.45, 7) is 1.22. The molecule has 1 unspecified atom stereocenters. The first kappa shape index (κ1) is 8.56. The number of halogens is 1. The summed E-state index contributed by atoms with van der Waals surface area (Å²) < 4.78 is 0. The van der Waals surface area contributed by atoms with Gasteiger partial charge >= 0.3 is 0 Å². The van der Waals surface area contributed by atoms with Crippen LogP contribution in [0.5, 0.6) is 0 Å². The second kappa shape index (κ2) is 3.38. The number of H-pyrrole nitrogens is 1. The smallest absolute Gasteiger partial charge is 0.224 e. The molecule has 0 aromatic carbocycles. The molecule has 4 nitrogen and oxygen atoms in total. The predicted octanol–water partition coefficient (Wildman–Crippen LogP) is 0.749. The zero-order chi connectivity index (χ0) is 9.26. The molecule has 2 rings (SSSR count). The fourth-order valence-electron chi connectivity index (χ4n) is 1.46. The summed E-state index contributed by atoms with van der Waals surface area (Å²) in [5, 5.41) is 6.59. The monoisotopic (exact) mass is 199 g/mol. The first-order valence-electron chi connectivity index (χ1n) is 4.16. The van der Waals surface area contributed by atoms with Crippen LogP contribution in [-0.2, 0) is 11.3 Å². The molecule has 5 heteroatoms. The molecule has 1 aromatic rings. The number of hydrogen-bond acceptors (Lipinski definition) is 2. The summed E-state index contributed by atoms with van der Waals surface area (Å²) in [5.41, 5.74) is 0.944. The zero-order valence-corrected chi connectivity index (χ0v) is 7.79. The maximum atomic E-state index is 11.3. The molecule has 0 saturated carbocycles. The highest BCUT2D eigenvalue weighted by Gasteiger charge is 2.27. The van der Waals surface area contributed by atoms with Crippen LogP contribution < -0.4 is 0 Å². The fourth-order valence-corrected chi connectivity index (χ4v) is 1.75. The molecule has 1 fully saturated rings. The maximum Gasteiger partial charge on any atom is 0.224 e. The van der Waals surface area contributed by atoms with Crippen LogP contribution in [-0.4, -0.2) is 32.9 Å². The Bertz CT molecular complexity index is 298. The lowest BCUT2D eigenvalue weighted by Gasteiger charge is -2.13. The first-order chi connectivity index (χ1) is 6.25. The molecule has 1 N–H and O–H groups in total. The fraction of sp³-hybridized carbons (Fsp3) is 0.500. The van der Waals surface area contributed by atoms with Gasteiger partial charge in [-0.25, -0.2) is 0 Å². The van der Waals surface area contributed by atoms with Gasteiger partial charge in [0.2, 0.25) is 5.91 Å². The van der Waals surface area contributed by atoms with E-state index in [1.807, 2.05) is 6.07 Å². The van der Waals surface area contributed by atoms with E-state index in [9.17, 15) is 4.79 Å². The van der Waals surface area contributed by atoms with Gasteiger partial charge in [-0.2, -0.15) is 5.10 Å². The lowest BCUT2D eigenvalue weighted by molar-refractivity contribution is -0.128. The topological polar surface area (TPSA) is 49.0 Å². The largest absolute Gasteiger partial charge is 0.335 e. The molecule has 70 valence electrons. The van der Waals surface area contributed by atoms with E-state index >= 15 is 0 Å². The SMILES string of the molecule is O=C1CC(Cl)CN1Cc1ccn[nH]1. The zero-order valence-electron chi connectivity index (χ0n) is 7.03. The van der Waals surface area contributed by atoms with Crippen molar-refractivity contribution in [2.45, 2.75) is 18.3 Å². The van der Waals surface area contributed by atoms with E-state index < -0.39 is 0 Å². The van der Waals surface area contributed by atoms with Crippen molar-refractivity contribution in [1.82, 2.24) is 15.1 Å². The second-order valence-electron chi connectivity index (χ2n) is 3.16. The molecule has 0 aliphatic carbocycles. The molecule has 2 heterocycles. The van der Waals surface area contributed by atoms with Crippen molar-refractivity contribution in [1.29, 1.82) is 0 Å². The average molecular weight is 200 g/mol. The minimum atomic E-state index is -0.0320. The molecule has 13 heavy (non-hydrogen) atoms. The molecule has 1 aromatic heterocycles. The standard InChI is InChI=1S/C8H10ClN3O/c9-6-3-8(13)12(4-6)5-7-1-2-10-11-7/h1-2,6H,3-5H2,(H,10,11). The molecule has 1 aliphatic heterocycles. The Kier molecular flexibility index (Phi) is 2.22. The van der Waals surface area contributed by atoms with Crippen LogP contribution in [0.2, 0.25) is 0 Å². The average Bonchev–Trinajstić information content (AvgIpc) is 2.63. The number of alkyl halides is 1. The lowest BCUT2D eigenvalue weighted by atomic mass is 10.4. The van der Waals surface area contributed by atoms with Gasteiger partial charge in [-0.05, 0) is 6.07 Å². The van der Waals surface area contributed by atoms with Gasteiger partial charge in [0.05, 0.1) is 17.6 Å². The van der Waals surface area contributed by atoms with E-state index in [1.165, 1.54) is 0 Å². The van der Waals surface area contributed by atoms with Crippen LogP contribution >= 0.6 is 11.6 Å². The number of carbonyl (C=O) groups is 1. The van der Waals surface area contributed by atoms with Crippen LogP contribution in [0.25, 0.3) is 0 Å². The van der Waals surface area contributed by atoms with E-state index in [1.54, 1.807) is 11.1 Å². The molecule has 0 spiro atoms. The van der Waals surface area contributed by atoms with Gasteiger partial charge in [0.25, 0.3) is 0 Å². The van der Waals surface area contributed by atoms with E-state index in [2.05, 4.69) is 10.2 Å². The van der Waals surface area contributed by atoms with Gasteiger partial charge in [0.15, 0.2) is 0 Å². The van der Waals surface area contributed by atoms with Crippen LogP contribution in [0.1, 0.15) is 12.1 Å². The van der Waals surface area contributed by atoms with Crippen molar-refractivity contribution in [2.75, 3.05) is 6.54 Å². The number of nitrogens with one attached hydrogen (secondary N) is 1. The summed E-state index contributed by atoms with van der Waals surface area (Å²) in [5.74, 6) is 0.120. The summed E-state index contributed by atoms with van der Waals surface area (Å²) >= 11 is 5.85. The Morgan fingerprint density at radius 1 is 1.77 bits per heavy atom. The van der Waals surface area contributed by atoms with Crippen LogP contribution in [0.3, 0.4) is 0 Å². The van der Waals surface area contributed by atoms with Crippen molar-refractivity contribution in [3.05, 3.63) is 18.0 Å². The molecular formula is C8H10ClN3O. The highest BCUT2D eigenvalue weighted by atomic mass is 35.5. The Labute approximate surface area is 80.9 Å². The van der Waals surface area contributed by atoms with Crippen LogP contribution in [0, 0.1) is 0 Å². The number of amides is 1. The van der Waals surface area contributed by atoms with E-state index in [4.69, 9.17) is 11.6 Å². The second-order valence-corrected chi connectivity index (χ2v) is 3.77. The number of hydrogen-bond donors (Lipinski definition) is 1. The van der Waals surface area contributed by atoms with E-state index in [-0.39, 0.29) is 11.3 Å². The van der Waals surface area contributed by atoms with Crippen molar-refractivity contribution in [3.63, 3.8) is 0 Å². The van der Waals surface area contributed by atoms with Crippen LogP contribution in [0.4, 0.5) is 0 Å². The van der Waals surface area contributed by atoms with Crippen molar-refractivity contribution in [2.24, 2.45) is 0 Å². The Hall–Kier alpha value is -1.03. The summed E-state index contributed by atoms with van der Waals surface area (Å²) in [7, 11) is 0. The Balaban J connectivity index is 1.99. The molecule has 1 amide bonds. The number of likely N-dealkylation sites (tertiary alicyclic amines) is 1. The Morgan fingerprint density at radius 3 is 3.15 bits per heavy atom. The van der Waals surface area contributed by atoms with Gasteiger partial charge in [-0.1, -0.05) is 0 Å². The summed E-state index contributed by atoms with van der Waals surface area (Å²) in [6, 6.07) is 1.86. The van der Waals surface area contributed by atoms with Gasteiger partial charge in [0, 0.05) is 19.2 Å². The normalized spacial score (nSPS) is 22.7. The van der Waals surface area contributed by atoms with E-state index in [0.29, 0.717) is 19.5 Å². The lowest BCUT2D eigenvalue weighted by Crippen LogP contribution is -2.24. The van der Waals surface area contributed by atoms with Gasteiger partial charge in [0.1, 0.15) is 0 Å². The van der Waals surface area contributed by atoms with E-state index in [0.717, 1.165) is 5.69 Å². The Morgan fingerprint density at radius 2 is 2.62 bits per heavy atom. The van der Waals surface area contributed by atoms with Gasteiger partial charge < -0.3 is 4.90 Å². The quantitative estimate of drug-likeness (QED) is 0.715.